The van der Waals surface area contributed by atoms with Gasteiger partial charge in [-0.3, -0.25) is 4.79 Å². The van der Waals surface area contributed by atoms with Crippen molar-refractivity contribution < 1.29 is 31.8 Å². The Hall–Kier alpha value is -2.39. The fourth-order valence-corrected chi connectivity index (χ4v) is 4.45. The van der Waals surface area contributed by atoms with Crippen LogP contribution in [0, 0.1) is 5.82 Å². The molecule has 1 aromatic carbocycles. The summed E-state index contributed by atoms with van der Waals surface area (Å²) < 4.78 is 67.6. The van der Waals surface area contributed by atoms with Gasteiger partial charge in [-0.25, -0.2) is 4.39 Å². The van der Waals surface area contributed by atoms with Crippen molar-refractivity contribution in [3.63, 3.8) is 0 Å². The maximum atomic E-state index is 14.1. The fourth-order valence-electron chi connectivity index (χ4n) is 4.45. The molecule has 2 aliphatic rings. The summed E-state index contributed by atoms with van der Waals surface area (Å²) in [6.45, 7) is 1.41. The van der Waals surface area contributed by atoms with Gasteiger partial charge in [0.25, 0.3) is 5.91 Å². The lowest BCUT2D eigenvalue weighted by Crippen LogP contribution is -2.42. The zero-order chi connectivity index (χ0) is 22.9. The summed E-state index contributed by atoms with van der Waals surface area (Å²) in [6, 6.07) is 6.01. The van der Waals surface area contributed by atoms with E-state index < -0.39 is 29.7 Å². The largest absolute Gasteiger partial charge is 0.431 e. The Balaban J connectivity index is 1.83. The van der Waals surface area contributed by atoms with E-state index in [-0.39, 0.29) is 23.8 Å². The van der Waals surface area contributed by atoms with Gasteiger partial charge in [0.05, 0.1) is 6.10 Å². The van der Waals surface area contributed by atoms with E-state index in [4.69, 9.17) is 9.47 Å². The van der Waals surface area contributed by atoms with Gasteiger partial charge in [0.1, 0.15) is 17.2 Å². The van der Waals surface area contributed by atoms with Crippen LogP contribution >= 0.6 is 0 Å². The zero-order valence-corrected chi connectivity index (χ0v) is 17.8. The number of amides is 1. The number of aromatic nitrogens is 1. The molecular formula is C23H26F4N2O3. The first-order chi connectivity index (χ1) is 15.3. The van der Waals surface area contributed by atoms with Crippen molar-refractivity contribution >= 4 is 5.91 Å². The van der Waals surface area contributed by atoms with E-state index >= 15 is 0 Å². The number of halogens is 4. The molecule has 2 aromatic rings. The van der Waals surface area contributed by atoms with Gasteiger partial charge >= 0.3 is 6.18 Å². The van der Waals surface area contributed by atoms with Gasteiger partial charge in [-0.1, -0.05) is 12.1 Å². The van der Waals surface area contributed by atoms with E-state index in [1.165, 1.54) is 29.2 Å². The summed E-state index contributed by atoms with van der Waals surface area (Å²) in [5.41, 5.74) is -0.463. The molecule has 1 unspecified atom stereocenters. The summed E-state index contributed by atoms with van der Waals surface area (Å²) >= 11 is 0. The van der Waals surface area contributed by atoms with Crippen LogP contribution in [0.3, 0.4) is 0 Å². The molecule has 1 aromatic heterocycles. The van der Waals surface area contributed by atoms with Crippen LogP contribution in [0.2, 0.25) is 0 Å². The third-order valence-electron chi connectivity index (χ3n) is 6.21. The average Bonchev–Trinajstić information content (AvgIpc) is 3.42. The van der Waals surface area contributed by atoms with Crippen LogP contribution in [-0.2, 0) is 22.2 Å². The molecular weight excluding hydrogens is 428 g/mol. The lowest BCUT2D eigenvalue weighted by atomic mass is 10.0. The number of ether oxygens (including phenoxy) is 2. The molecule has 2 aliphatic heterocycles. The molecule has 0 N–H and O–H groups in total. The minimum absolute atomic E-state index is 0.0478. The molecule has 0 radical (unpaired) electrons. The summed E-state index contributed by atoms with van der Waals surface area (Å²) in [6.07, 6.45) is -2.43. The standard InChI is InChI=1S/C23H26F4N2O3/c1-28(17-8-11-31-12-9-17)22(30)21-19(15-4-6-16(24)7-5-15)13-20(23(25,26)27)29(21)14-18-3-2-10-32-18/h4-7,13,17-18H,2-3,8-12,14H2,1H3. The molecule has 0 aliphatic carbocycles. The molecule has 0 saturated carbocycles. The molecule has 4 rings (SSSR count). The number of rotatable bonds is 5. The molecule has 1 atom stereocenters. The quantitative estimate of drug-likeness (QED) is 0.613. The van der Waals surface area contributed by atoms with E-state index in [9.17, 15) is 22.4 Å². The van der Waals surface area contributed by atoms with E-state index in [0.29, 0.717) is 44.6 Å². The van der Waals surface area contributed by atoms with E-state index in [1.807, 2.05) is 0 Å². The van der Waals surface area contributed by atoms with E-state index in [2.05, 4.69) is 0 Å². The highest BCUT2D eigenvalue weighted by atomic mass is 19.4. The van der Waals surface area contributed by atoms with Crippen molar-refractivity contribution in [1.29, 1.82) is 0 Å². The third kappa shape index (κ3) is 4.68. The fraction of sp³-hybridized carbons (Fsp3) is 0.522. The van der Waals surface area contributed by atoms with Crippen molar-refractivity contribution in [2.24, 2.45) is 0 Å². The van der Waals surface area contributed by atoms with Crippen molar-refractivity contribution in [3.05, 3.63) is 47.5 Å². The zero-order valence-electron chi connectivity index (χ0n) is 17.8. The van der Waals surface area contributed by atoms with Crippen molar-refractivity contribution in [3.8, 4) is 11.1 Å². The third-order valence-corrected chi connectivity index (χ3v) is 6.21. The second kappa shape index (κ2) is 9.23. The molecule has 32 heavy (non-hydrogen) atoms. The first kappa shape index (κ1) is 22.8. The number of carbonyl (C=O) groups excluding carboxylic acids is 1. The van der Waals surface area contributed by atoms with Crippen molar-refractivity contribution in [1.82, 2.24) is 9.47 Å². The first-order valence-corrected chi connectivity index (χ1v) is 10.8. The van der Waals surface area contributed by atoms with Crippen LogP contribution in [0.25, 0.3) is 11.1 Å². The lowest BCUT2D eigenvalue weighted by molar-refractivity contribution is -0.144. The molecule has 174 valence electrons. The molecule has 2 saturated heterocycles. The minimum Gasteiger partial charge on any atom is -0.381 e. The van der Waals surface area contributed by atoms with Gasteiger partial charge in [-0.2, -0.15) is 13.2 Å². The number of hydrogen-bond acceptors (Lipinski definition) is 3. The first-order valence-electron chi connectivity index (χ1n) is 10.8. The SMILES string of the molecule is CN(C(=O)c1c(-c2ccc(F)cc2)cc(C(F)(F)F)n1CC1CCCO1)C1CCOCC1. The lowest BCUT2D eigenvalue weighted by Gasteiger charge is -2.32. The van der Waals surface area contributed by atoms with Crippen LogP contribution in [0.5, 0.6) is 0 Å². The number of alkyl halides is 3. The predicted molar refractivity (Wildman–Crippen MR) is 110 cm³/mol. The van der Waals surface area contributed by atoms with Gasteiger partial charge in [0.2, 0.25) is 0 Å². The highest BCUT2D eigenvalue weighted by molar-refractivity contribution is 6.00. The van der Waals surface area contributed by atoms with E-state index in [1.54, 1.807) is 7.05 Å². The molecule has 5 nitrogen and oxygen atoms in total. The molecule has 0 spiro atoms. The number of carbonyl (C=O) groups is 1. The summed E-state index contributed by atoms with van der Waals surface area (Å²) in [5.74, 6) is -1.000. The second-order valence-corrected chi connectivity index (χ2v) is 8.30. The van der Waals surface area contributed by atoms with Gasteiger partial charge in [0.15, 0.2) is 0 Å². The molecule has 2 fully saturated rings. The Bertz CT molecular complexity index is 943. The van der Waals surface area contributed by atoms with Crippen LogP contribution in [0.15, 0.2) is 30.3 Å². The van der Waals surface area contributed by atoms with Crippen LogP contribution in [0.4, 0.5) is 17.6 Å². The minimum atomic E-state index is -4.66. The highest BCUT2D eigenvalue weighted by Gasteiger charge is 2.40. The van der Waals surface area contributed by atoms with Crippen LogP contribution in [0.1, 0.15) is 41.9 Å². The van der Waals surface area contributed by atoms with Gasteiger partial charge in [-0.05, 0) is 49.4 Å². The summed E-state index contributed by atoms with van der Waals surface area (Å²) in [7, 11) is 1.61. The Labute approximate surface area is 183 Å². The smallest absolute Gasteiger partial charge is 0.381 e. The Morgan fingerprint density at radius 1 is 1.12 bits per heavy atom. The van der Waals surface area contributed by atoms with Crippen LogP contribution in [-0.4, -0.2) is 54.4 Å². The molecule has 0 bridgehead atoms. The highest BCUT2D eigenvalue weighted by Crippen LogP contribution is 2.38. The molecule has 3 heterocycles. The molecule has 1 amide bonds. The van der Waals surface area contributed by atoms with Gasteiger partial charge in [-0.15, -0.1) is 0 Å². The second-order valence-electron chi connectivity index (χ2n) is 8.30. The Kier molecular flexibility index (Phi) is 6.57. The van der Waals surface area contributed by atoms with Crippen molar-refractivity contribution in [2.45, 2.75) is 50.6 Å². The number of hydrogen-bond donors (Lipinski definition) is 0. The number of benzene rings is 1. The number of nitrogens with zero attached hydrogens (tertiary/aromatic N) is 2. The maximum absolute atomic E-state index is 14.1. The molecule has 9 heteroatoms. The van der Waals surface area contributed by atoms with Gasteiger partial charge in [0, 0.05) is 45.0 Å². The van der Waals surface area contributed by atoms with Crippen LogP contribution < -0.4 is 0 Å². The maximum Gasteiger partial charge on any atom is 0.431 e. The predicted octanol–water partition coefficient (Wildman–Crippen LogP) is 4.74. The Morgan fingerprint density at radius 2 is 1.81 bits per heavy atom. The Morgan fingerprint density at radius 3 is 2.41 bits per heavy atom. The van der Waals surface area contributed by atoms with Crippen molar-refractivity contribution in [2.75, 3.05) is 26.9 Å². The summed E-state index contributed by atoms with van der Waals surface area (Å²) in [5, 5.41) is 0. The summed E-state index contributed by atoms with van der Waals surface area (Å²) in [4.78, 5) is 15.1. The topological polar surface area (TPSA) is 43.7 Å². The van der Waals surface area contributed by atoms with Gasteiger partial charge < -0.3 is 18.9 Å². The average molecular weight is 454 g/mol. The van der Waals surface area contributed by atoms with E-state index in [0.717, 1.165) is 17.1 Å². The normalized spacial score (nSPS) is 20.0. The monoisotopic (exact) mass is 454 g/mol.